The molecule has 0 radical (unpaired) electrons. The van der Waals surface area contributed by atoms with Crippen molar-refractivity contribution in [2.45, 2.75) is 6.61 Å². The monoisotopic (exact) mass is 346 g/mol. The molecule has 0 aliphatic carbocycles. The first-order valence-corrected chi connectivity index (χ1v) is 6.05. The first-order valence-electron chi connectivity index (χ1n) is 4.97. The lowest BCUT2D eigenvalue weighted by Gasteiger charge is -2.07. The maximum absolute atomic E-state index is 13.3. The third-order valence-electron chi connectivity index (χ3n) is 2.22. The van der Waals surface area contributed by atoms with Gasteiger partial charge < -0.3 is 4.74 Å². The number of halogens is 3. The van der Waals surface area contributed by atoms with Crippen LogP contribution in [-0.4, -0.2) is 0 Å². The lowest BCUT2D eigenvalue weighted by molar-refractivity contribution is 0.299. The van der Waals surface area contributed by atoms with Gasteiger partial charge in [0.25, 0.3) is 0 Å². The van der Waals surface area contributed by atoms with Crippen LogP contribution in [0.15, 0.2) is 42.5 Å². The van der Waals surface area contributed by atoms with Crippen LogP contribution in [0, 0.1) is 15.2 Å². The molecule has 0 aromatic heterocycles. The lowest BCUT2D eigenvalue weighted by Crippen LogP contribution is -1.99. The second-order valence-electron chi connectivity index (χ2n) is 3.48. The van der Waals surface area contributed by atoms with Crippen molar-refractivity contribution < 1.29 is 13.5 Å². The second-order valence-corrected chi connectivity index (χ2v) is 4.72. The molecule has 0 amide bonds. The van der Waals surface area contributed by atoms with Crippen LogP contribution in [0.3, 0.4) is 0 Å². The van der Waals surface area contributed by atoms with Crippen LogP contribution in [0.5, 0.6) is 5.75 Å². The minimum atomic E-state index is -0.465. The van der Waals surface area contributed by atoms with Crippen molar-refractivity contribution in [1.29, 1.82) is 0 Å². The van der Waals surface area contributed by atoms with E-state index in [0.717, 1.165) is 21.8 Å². The molecule has 0 atom stereocenters. The number of ether oxygens (including phenoxy) is 1. The molecule has 2 rings (SSSR count). The van der Waals surface area contributed by atoms with Gasteiger partial charge in [0, 0.05) is 9.13 Å². The third kappa shape index (κ3) is 3.39. The Morgan fingerprint density at radius 3 is 2.41 bits per heavy atom. The molecule has 2 aromatic rings. The second kappa shape index (κ2) is 5.44. The van der Waals surface area contributed by atoms with Gasteiger partial charge in [-0.25, -0.2) is 8.78 Å². The van der Waals surface area contributed by atoms with Gasteiger partial charge in [-0.05, 0) is 65.1 Å². The Bertz CT molecular complexity index is 511. The molecule has 17 heavy (non-hydrogen) atoms. The van der Waals surface area contributed by atoms with Crippen LogP contribution in [0.25, 0.3) is 0 Å². The van der Waals surface area contributed by atoms with E-state index < -0.39 is 11.6 Å². The summed E-state index contributed by atoms with van der Waals surface area (Å²) in [6, 6.07) is 10.7. The number of benzene rings is 2. The van der Waals surface area contributed by atoms with E-state index in [-0.39, 0.29) is 12.2 Å². The predicted octanol–water partition coefficient (Wildman–Crippen LogP) is 4.15. The fourth-order valence-electron chi connectivity index (χ4n) is 1.35. The average Bonchev–Trinajstić information content (AvgIpc) is 2.32. The van der Waals surface area contributed by atoms with E-state index in [9.17, 15) is 8.78 Å². The van der Waals surface area contributed by atoms with E-state index in [1.807, 2.05) is 12.1 Å². The van der Waals surface area contributed by atoms with Gasteiger partial charge >= 0.3 is 0 Å². The lowest BCUT2D eigenvalue weighted by atomic mass is 10.2. The SMILES string of the molecule is Fc1ccc(F)c(COc2ccc(I)cc2)c1. The number of hydrogen-bond acceptors (Lipinski definition) is 1. The Balaban J connectivity index is 2.07. The summed E-state index contributed by atoms with van der Waals surface area (Å²) in [5, 5.41) is 0. The zero-order valence-corrected chi connectivity index (χ0v) is 10.9. The predicted molar refractivity (Wildman–Crippen MR) is 69.8 cm³/mol. The Kier molecular flexibility index (Phi) is 3.93. The van der Waals surface area contributed by atoms with Crippen molar-refractivity contribution in [1.82, 2.24) is 0 Å². The van der Waals surface area contributed by atoms with Gasteiger partial charge in [0.1, 0.15) is 24.0 Å². The molecule has 0 saturated carbocycles. The summed E-state index contributed by atoms with van der Waals surface area (Å²) in [4.78, 5) is 0. The van der Waals surface area contributed by atoms with E-state index in [1.165, 1.54) is 0 Å². The van der Waals surface area contributed by atoms with Crippen molar-refractivity contribution in [3.8, 4) is 5.75 Å². The molecule has 0 N–H and O–H groups in total. The highest BCUT2D eigenvalue weighted by molar-refractivity contribution is 14.1. The van der Waals surface area contributed by atoms with E-state index in [4.69, 9.17) is 4.74 Å². The minimum absolute atomic E-state index is 0.0180. The summed E-state index contributed by atoms with van der Waals surface area (Å²) in [6.45, 7) is 0.0180. The maximum Gasteiger partial charge on any atom is 0.130 e. The first kappa shape index (κ1) is 12.3. The molecule has 1 nitrogen and oxygen atoms in total. The molecule has 2 aromatic carbocycles. The summed E-state index contributed by atoms with van der Waals surface area (Å²) in [6.07, 6.45) is 0. The maximum atomic E-state index is 13.3. The third-order valence-corrected chi connectivity index (χ3v) is 2.93. The van der Waals surface area contributed by atoms with Gasteiger partial charge in [-0.1, -0.05) is 0 Å². The number of hydrogen-bond donors (Lipinski definition) is 0. The van der Waals surface area contributed by atoms with Gasteiger partial charge in [-0.3, -0.25) is 0 Å². The van der Waals surface area contributed by atoms with Crippen LogP contribution in [0.2, 0.25) is 0 Å². The minimum Gasteiger partial charge on any atom is -0.489 e. The molecule has 0 saturated heterocycles. The Hall–Kier alpha value is -1.17. The Morgan fingerprint density at radius 2 is 1.71 bits per heavy atom. The molecular formula is C13H9F2IO. The van der Waals surface area contributed by atoms with Crippen molar-refractivity contribution in [2.24, 2.45) is 0 Å². The highest BCUT2D eigenvalue weighted by Gasteiger charge is 2.04. The van der Waals surface area contributed by atoms with Crippen molar-refractivity contribution in [3.63, 3.8) is 0 Å². The molecule has 4 heteroatoms. The van der Waals surface area contributed by atoms with Crippen molar-refractivity contribution >= 4 is 22.6 Å². The summed E-state index contributed by atoms with van der Waals surface area (Å²) >= 11 is 2.18. The van der Waals surface area contributed by atoms with Gasteiger partial charge in [0.05, 0.1) is 0 Å². The van der Waals surface area contributed by atoms with E-state index >= 15 is 0 Å². The Morgan fingerprint density at radius 1 is 1.00 bits per heavy atom. The van der Waals surface area contributed by atoms with Gasteiger partial charge in [0.2, 0.25) is 0 Å². The Labute approximate surface area is 112 Å². The zero-order chi connectivity index (χ0) is 12.3. The smallest absolute Gasteiger partial charge is 0.130 e. The molecule has 0 spiro atoms. The standard InChI is InChI=1S/C13H9F2IO/c14-10-1-6-13(15)9(7-10)8-17-12-4-2-11(16)3-5-12/h1-7H,8H2. The molecule has 0 bridgehead atoms. The van der Waals surface area contributed by atoms with Crippen LogP contribution in [0.4, 0.5) is 8.78 Å². The van der Waals surface area contributed by atoms with E-state index in [2.05, 4.69) is 22.6 Å². The fourth-order valence-corrected chi connectivity index (χ4v) is 1.71. The highest BCUT2D eigenvalue weighted by Crippen LogP contribution is 2.17. The van der Waals surface area contributed by atoms with Crippen LogP contribution >= 0.6 is 22.6 Å². The quantitative estimate of drug-likeness (QED) is 0.759. The first-order chi connectivity index (χ1) is 8.15. The van der Waals surface area contributed by atoms with Gasteiger partial charge in [0.15, 0.2) is 0 Å². The summed E-state index contributed by atoms with van der Waals surface area (Å²) < 4.78 is 32.7. The summed E-state index contributed by atoms with van der Waals surface area (Å²) in [5.41, 5.74) is 0.212. The molecular weight excluding hydrogens is 337 g/mol. The normalized spacial score (nSPS) is 10.3. The zero-order valence-electron chi connectivity index (χ0n) is 8.79. The molecule has 0 aliphatic rings. The van der Waals surface area contributed by atoms with Crippen LogP contribution < -0.4 is 4.74 Å². The van der Waals surface area contributed by atoms with E-state index in [0.29, 0.717) is 5.75 Å². The van der Waals surface area contributed by atoms with Crippen LogP contribution in [0.1, 0.15) is 5.56 Å². The number of rotatable bonds is 3. The van der Waals surface area contributed by atoms with Crippen LogP contribution in [-0.2, 0) is 6.61 Å². The topological polar surface area (TPSA) is 9.23 Å². The highest BCUT2D eigenvalue weighted by atomic mass is 127. The van der Waals surface area contributed by atoms with E-state index in [1.54, 1.807) is 12.1 Å². The van der Waals surface area contributed by atoms with Gasteiger partial charge in [-0.15, -0.1) is 0 Å². The van der Waals surface area contributed by atoms with Gasteiger partial charge in [-0.2, -0.15) is 0 Å². The molecule has 88 valence electrons. The molecule has 0 aliphatic heterocycles. The molecule has 0 fully saturated rings. The fraction of sp³-hybridized carbons (Fsp3) is 0.0769. The molecule has 0 unspecified atom stereocenters. The molecule has 0 heterocycles. The average molecular weight is 346 g/mol. The summed E-state index contributed by atoms with van der Waals surface area (Å²) in [7, 11) is 0. The summed E-state index contributed by atoms with van der Waals surface area (Å²) in [5.74, 6) is -0.293. The largest absolute Gasteiger partial charge is 0.489 e. The van der Waals surface area contributed by atoms with Crippen molar-refractivity contribution in [2.75, 3.05) is 0 Å². The van der Waals surface area contributed by atoms with Crippen molar-refractivity contribution in [3.05, 3.63) is 63.2 Å².